The number of anilines is 1. The Hall–Kier alpha value is -3.42. The van der Waals surface area contributed by atoms with E-state index < -0.39 is 84.1 Å². The fraction of sp³-hybridized carbons (Fsp3) is 0.568. The normalized spacial score (nSPS) is 27.7. The van der Waals surface area contributed by atoms with Crippen LogP contribution in [0.15, 0.2) is 40.3 Å². The topological polar surface area (TPSA) is 142 Å². The standard InChI is InChI=1S/C25H35F3N2O5SSi.C12H12F3N3S/c1-23(2,3)35-22(32)30(15-34-11-12-37(5,6)7)21-29-24(14-26,16-9-8-10-17(27)19(16)28)18-13-25(18,36-21)20(31)33-4;13-4-12(6-3-9(6)19-11(17)18-12)7-1-5(16)2-8(14)10(7)15/h8-10,18H,11-15H2,1-7H3;1-2,6,9H,3-4,16H2,(H2,17,18)/t18-,24-,25-;6?,9-,12+/m11/s1. The number of alkyl halides is 2. The van der Waals surface area contributed by atoms with Gasteiger partial charge in [-0.3, -0.25) is 4.79 Å². The van der Waals surface area contributed by atoms with Gasteiger partial charge in [0.05, 0.1) is 7.11 Å². The first kappa shape index (κ1) is 43.7. The summed E-state index contributed by atoms with van der Waals surface area (Å²) in [6.07, 6.45) is -0.0249. The number of nitrogens with two attached hydrogens (primary N) is 2. The minimum atomic E-state index is -1.94. The number of nitrogens with zero attached hydrogens (tertiary/aromatic N) is 3. The molecule has 4 aliphatic rings. The van der Waals surface area contributed by atoms with E-state index in [2.05, 4.69) is 29.6 Å². The number of benzene rings is 2. The number of esters is 1. The summed E-state index contributed by atoms with van der Waals surface area (Å²) < 4.78 is 100. The molecule has 2 aromatic rings. The van der Waals surface area contributed by atoms with Gasteiger partial charge >= 0.3 is 12.1 Å². The van der Waals surface area contributed by atoms with Crippen molar-refractivity contribution < 1.29 is 50.1 Å². The SMILES string of the molecule is COC(=O)[C@@]12C[C@@H]1[C@@](CF)(c1cccc(F)c1F)N=C(N(COCC[Si](C)(C)C)C(=O)OC(C)(C)C)S2.NC1=N[C@](CF)(c2cc(N)cc(F)c2F)C2C[C@H]2S1. The number of thioether (sulfide) groups is 2. The molecule has 10 nitrogen and oxygen atoms in total. The van der Waals surface area contributed by atoms with Crippen molar-refractivity contribution in [1.29, 1.82) is 0 Å². The van der Waals surface area contributed by atoms with E-state index in [0.717, 1.165) is 34.8 Å². The van der Waals surface area contributed by atoms with Crippen LogP contribution in [0.5, 0.6) is 0 Å². The molecule has 2 aromatic carbocycles. The lowest BCUT2D eigenvalue weighted by Gasteiger charge is -2.37. The van der Waals surface area contributed by atoms with Crippen LogP contribution in [0.2, 0.25) is 25.7 Å². The molecule has 0 aromatic heterocycles. The van der Waals surface area contributed by atoms with Gasteiger partial charge in [0.1, 0.15) is 41.5 Å². The Morgan fingerprint density at radius 2 is 1.64 bits per heavy atom. The predicted octanol–water partition coefficient (Wildman–Crippen LogP) is 7.88. The Morgan fingerprint density at radius 1 is 0.982 bits per heavy atom. The lowest BCUT2D eigenvalue weighted by Crippen LogP contribution is -2.48. The molecule has 0 radical (unpaired) electrons. The van der Waals surface area contributed by atoms with Crippen molar-refractivity contribution in [3.05, 3.63) is 64.7 Å². The summed E-state index contributed by atoms with van der Waals surface area (Å²) in [5, 5.41) is 0.249. The Balaban J connectivity index is 0.000000262. The quantitative estimate of drug-likeness (QED) is 0.0610. The van der Waals surface area contributed by atoms with Gasteiger partial charge < -0.3 is 25.7 Å². The Bertz CT molecular complexity index is 1920. The molecule has 56 heavy (non-hydrogen) atoms. The molecule has 0 bridgehead atoms. The summed E-state index contributed by atoms with van der Waals surface area (Å²) >= 11 is 2.29. The number of amidine groups is 2. The van der Waals surface area contributed by atoms with Gasteiger partial charge in [-0.25, -0.2) is 46.0 Å². The maximum atomic E-state index is 15.0. The lowest BCUT2D eigenvalue weighted by atomic mass is 9.84. The molecule has 6 atom stereocenters. The summed E-state index contributed by atoms with van der Waals surface area (Å²) in [5.41, 5.74) is 6.53. The van der Waals surface area contributed by atoms with Crippen LogP contribution in [0.1, 0.15) is 44.7 Å². The van der Waals surface area contributed by atoms with E-state index in [1.54, 1.807) is 20.8 Å². The van der Waals surface area contributed by atoms with Crippen molar-refractivity contribution in [3.63, 3.8) is 0 Å². The molecule has 1 amide bonds. The first-order chi connectivity index (χ1) is 26.1. The largest absolute Gasteiger partial charge is 0.468 e. The smallest absolute Gasteiger partial charge is 0.418 e. The number of amides is 1. The number of carbonyl (C=O) groups is 2. The van der Waals surface area contributed by atoms with E-state index in [0.29, 0.717) is 13.0 Å². The molecular formula is C37H47F6N5O5S2Si. The highest BCUT2D eigenvalue weighted by atomic mass is 32.2. The number of ether oxygens (including phenoxy) is 3. The van der Waals surface area contributed by atoms with Crippen molar-refractivity contribution in [1.82, 2.24) is 4.90 Å². The van der Waals surface area contributed by atoms with Crippen LogP contribution in [-0.4, -0.2) is 84.8 Å². The van der Waals surface area contributed by atoms with Crippen LogP contribution in [0.25, 0.3) is 0 Å². The highest BCUT2D eigenvalue weighted by molar-refractivity contribution is 8.16. The fourth-order valence-electron chi connectivity index (χ4n) is 6.87. The number of halogens is 6. The molecule has 2 aliphatic heterocycles. The van der Waals surface area contributed by atoms with Crippen LogP contribution in [-0.2, 0) is 30.1 Å². The summed E-state index contributed by atoms with van der Waals surface area (Å²) in [4.78, 5) is 35.9. The average Bonchev–Trinajstić information content (AvgIpc) is 4.04. The molecule has 6 rings (SSSR count). The minimum absolute atomic E-state index is 0.0472. The highest BCUT2D eigenvalue weighted by Gasteiger charge is 2.74. The van der Waals surface area contributed by atoms with E-state index in [9.17, 15) is 31.5 Å². The van der Waals surface area contributed by atoms with Crippen LogP contribution in [0.4, 0.5) is 36.8 Å². The summed E-state index contributed by atoms with van der Waals surface area (Å²) in [6, 6.07) is 6.38. The molecule has 2 saturated carbocycles. The van der Waals surface area contributed by atoms with Gasteiger partial charge in [0.25, 0.3) is 0 Å². The number of aliphatic imine (C=N–C) groups is 2. The lowest BCUT2D eigenvalue weighted by molar-refractivity contribution is -0.141. The molecule has 308 valence electrons. The van der Waals surface area contributed by atoms with Gasteiger partial charge in [0.15, 0.2) is 33.6 Å². The van der Waals surface area contributed by atoms with Gasteiger partial charge in [0.2, 0.25) is 0 Å². The van der Waals surface area contributed by atoms with Crippen LogP contribution in [0, 0.1) is 35.1 Å². The Kier molecular flexibility index (Phi) is 12.5. The second kappa shape index (κ2) is 16.1. The summed E-state index contributed by atoms with van der Waals surface area (Å²) in [5.74, 6) is -6.23. The second-order valence-corrected chi connectivity index (χ2v) is 24.6. The zero-order chi connectivity index (χ0) is 41.6. The molecule has 19 heteroatoms. The van der Waals surface area contributed by atoms with Gasteiger partial charge in [-0.2, -0.15) is 0 Å². The van der Waals surface area contributed by atoms with Gasteiger partial charge in [-0.1, -0.05) is 55.3 Å². The predicted molar refractivity (Wildman–Crippen MR) is 208 cm³/mol. The van der Waals surface area contributed by atoms with Gasteiger partial charge in [0, 0.05) is 48.6 Å². The Labute approximate surface area is 331 Å². The fourth-order valence-corrected chi connectivity index (χ4v) is 10.4. The first-order valence-corrected chi connectivity index (χ1v) is 23.3. The molecule has 2 heterocycles. The second-order valence-electron chi connectivity index (χ2n) is 16.4. The summed E-state index contributed by atoms with van der Waals surface area (Å²) in [7, 11) is -0.240. The monoisotopic (exact) mass is 847 g/mol. The van der Waals surface area contributed by atoms with Crippen LogP contribution in [0.3, 0.4) is 0 Å². The highest BCUT2D eigenvalue weighted by Crippen LogP contribution is 2.67. The van der Waals surface area contributed by atoms with Crippen molar-refractivity contribution >= 4 is 59.7 Å². The molecular weight excluding hydrogens is 801 g/mol. The maximum absolute atomic E-state index is 15.0. The van der Waals surface area contributed by atoms with Gasteiger partial charge in [-0.15, -0.1) is 0 Å². The third-order valence-electron chi connectivity index (χ3n) is 9.92. The molecule has 4 N–H and O–H groups in total. The number of nitrogen functional groups attached to an aromatic ring is 1. The zero-order valence-corrected chi connectivity index (χ0v) is 34.8. The molecule has 2 aliphatic carbocycles. The number of carbonyl (C=O) groups excluding carboxylic acids is 2. The minimum Gasteiger partial charge on any atom is -0.468 e. The average molecular weight is 848 g/mol. The maximum Gasteiger partial charge on any atom is 0.418 e. The van der Waals surface area contributed by atoms with E-state index in [1.807, 2.05) is 0 Å². The molecule has 0 spiro atoms. The third-order valence-corrected chi connectivity index (χ3v) is 14.3. The van der Waals surface area contributed by atoms with E-state index >= 15 is 4.39 Å². The van der Waals surface area contributed by atoms with Crippen molar-refractivity contribution in [2.45, 2.75) is 86.0 Å². The van der Waals surface area contributed by atoms with E-state index in [1.165, 1.54) is 37.1 Å². The number of fused-ring (bicyclic) bond motifs is 2. The molecule has 2 fully saturated rings. The summed E-state index contributed by atoms with van der Waals surface area (Å²) in [6.45, 7) is 9.54. The van der Waals surface area contributed by atoms with Crippen molar-refractivity contribution in [2.75, 3.05) is 39.5 Å². The number of hydrogen-bond acceptors (Lipinski definition) is 11. The van der Waals surface area contributed by atoms with Gasteiger partial charge in [-0.05, 0) is 57.9 Å². The zero-order valence-electron chi connectivity index (χ0n) is 32.2. The van der Waals surface area contributed by atoms with E-state index in [4.69, 9.17) is 25.7 Å². The molecule has 1 unspecified atom stereocenters. The molecule has 0 saturated heterocycles. The van der Waals surface area contributed by atoms with Crippen LogP contribution < -0.4 is 11.5 Å². The van der Waals surface area contributed by atoms with Crippen molar-refractivity contribution in [3.8, 4) is 0 Å². The number of rotatable bonds is 10. The number of hydrogen-bond donors (Lipinski definition) is 2. The third kappa shape index (κ3) is 8.69. The Morgan fingerprint density at radius 3 is 2.25 bits per heavy atom. The van der Waals surface area contributed by atoms with E-state index in [-0.39, 0.29) is 51.5 Å². The van der Waals surface area contributed by atoms with Crippen LogP contribution >= 0.6 is 23.5 Å². The number of methoxy groups -OCH3 is 1. The van der Waals surface area contributed by atoms with Crippen molar-refractivity contribution in [2.24, 2.45) is 27.6 Å². The first-order valence-electron chi connectivity index (χ1n) is 17.9.